The molecule has 1 N–H and O–H groups in total. The molecule has 3 heteroatoms. The van der Waals surface area contributed by atoms with Crippen LogP contribution in [0.3, 0.4) is 0 Å². The minimum atomic E-state index is 0.649. The Labute approximate surface area is 88.8 Å². The lowest BCUT2D eigenvalue weighted by Gasteiger charge is -2.17. The molecule has 3 nitrogen and oxygen atoms in total. The normalized spacial score (nSPS) is 13.5. The maximum atomic E-state index is 5.02. The van der Waals surface area contributed by atoms with Crippen molar-refractivity contribution in [3.05, 3.63) is 0 Å². The minimum Gasteiger partial charge on any atom is -0.383 e. The molecule has 0 aliphatic heterocycles. The number of hydrogen-bond acceptors (Lipinski definition) is 3. The zero-order chi connectivity index (χ0) is 10.8. The van der Waals surface area contributed by atoms with Crippen molar-refractivity contribution in [1.82, 2.24) is 10.2 Å². The van der Waals surface area contributed by atoms with Crippen LogP contribution in [0.5, 0.6) is 0 Å². The van der Waals surface area contributed by atoms with E-state index < -0.39 is 0 Å². The van der Waals surface area contributed by atoms with E-state index in [2.05, 4.69) is 31.1 Å². The molecule has 0 aliphatic carbocycles. The van der Waals surface area contributed by atoms with Gasteiger partial charge in [-0.1, -0.05) is 6.92 Å². The summed E-state index contributed by atoms with van der Waals surface area (Å²) in [4.78, 5) is 2.32. The summed E-state index contributed by atoms with van der Waals surface area (Å²) in [5, 5.41) is 3.42. The first kappa shape index (κ1) is 13.9. The monoisotopic (exact) mass is 202 g/mol. The van der Waals surface area contributed by atoms with E-state index in [0.29, 0.717) is 6.04 Å². The lowest BCUT2D eigenvalue weighted by molar-refractivity contribution is 0.160. The highest BCUT2D eigenvalue weighted by atomic mass is 16.5. The molecule has 86 valence electrons. The van der Waals surface area contributed by atoms with E-state index in [-0.39, 0.29) is 0 Å². The predicted octanol–water partition coefficient (Wildman–Crippen LogP) is 1.34. The Morgan fingerprint density at radius 3 is 2.64 bits per heavy atom. The highest BCUT2D eigenvalue weighted by Crippen LogP contribution is 1.97. The summed E-state index contributed by atoms with van der Waals surface area (Å²) in [6.07, 6.45) is 2.51. The zero-order valence-electron chi connectivity index (χ0n) is 10.2. The van der Waals surface area contributed by atoms with Crippen molar-refractivity contribution < 1.29 is 4.74 Å². The van der Waals surface area contributed by atoms with Crippen LogP contribution in [0.25, 0.3) is 0 Å². The molecule has 0 fully saturated rings. The van der Waals surface area contributed by atoms with Gasteiger partial charge in [-0.15, -0.1) is 0 Å². The fourth-order valence-corrected chi connectivity index (χ4v) is 1.48. The second kappa shape index (κ2) is 9.44. The summed E-state index contributed by atoms with van der Waals surface area (Å²) in [5.41, 5.74) is 0. The summed E-state index contributed by atoms with van der Waals surface area (Å²) in [6, 6.07) is 0.649. The topological polar surface area (TPSA) is 24.5 Å². The quantitative estimate of drug-likeness (QED) is 0.611. The van der Waals surface area contributed by atoms with Gasteiger partial charge in [0, 0.05) is 19.7 Å². The molecule has 0 amide bonds. The van der Waals surface area contributed by atoms with Crippen LogP contribution < -0.4 is 5.32 Å². The van der Waals surface area contributed by atoms with E-state index in [9.17, 15) is 0 Å². The van der Waals surface area contributed by atoms with Crippen molar-refractivity contribution in [1.29, 1.82) is 0 Å². The first-order valence-corrected chi connectivity index (χ1v) is 5.61. The summed E-state index contributed by atoms with van der Waals surface area (Å²) in [7, 11) is 3.90. The van der Waals surface area contributed by atoms with Gasteiger partial charge < -0.3 is 15.0 Å². The Morgan fingerprint density at radius 1 is 1.36 bits per heavy atom. The minimum absolute atomic E-state index is 0.649. The van der Waals surface area contributed by atoms with Crippen LogP contribution in [0.4, 0.5) is 0 Å². The third-order valence-corrected chi connectivity index (χ3v) is 2.41. The smallest absolute Gasteiger partial charge is 0.0589 e. The van der Waals surface area contributed by atoms with Crippen LogP contribution >= 0.6 is 0 Å². The molecule has 1 atom stereocenters. The molecule has 0 spiro atoms. The van der Waals surface area contributed by atoms with Gasteiger partial charge >= 0.3 is 0 Å². The summed E-state index contributed by atoms with van der Waals surface area (Å²) in [5.74, 6) is 0. The van der Waals surface area contributed by atoms with E-state index in [0.717, 1.165) is 19.7 Å². The molecule has 0 rings (SSSR count). The molecule has 0 bridgehead atoms. The van der Waals surface area contributed by atoms with Gasteiger partial charge in [-0.2, -0.15) is 0 Å². The van der Waals surface area contributed by atoms with E-state index in [1.54, 1.807) is 7.11 Å². The van der Waals surface area contributed by atoms with Gasteiger partial charge in [-0.25, -0.2) is 0 Å². The molecule has 0 aromatic carbocycles. The average molecular weight is 202 g/mol. The Kier molecular flexibility index (Phi) is 9.35. The molecule has 0 saturated heterocycles. The Morgan fingerprint density at radius 2 is 2.07 bits per heavy atom. The number of nitrogens with zero attached hydrogens (tertiary/aromatic N) is 1. The Balaban J connectivity index is 3.25. The van der Waals surface area contributed by atoms with Crippen LogP contribution in [0, 0.1) is 0 Å². The number of ether oxygens (including phenoxy) is 1. The number of hydrogen-bond donors (Lipinski definition) is 1. The van der Waals surface area contributed by atoms with Crippen molar-refractivity contribution in [2.24, 2.45) is 0 Å². The lowest BCUT2D eigenvalue weighted by Crippen LogP contribution is -2.28. The van der Waals surface area contributed by atoms with Gasteiger partial charge in [0.2, 0.25) is 0 Å². The van der Waals surface area contributed by atoms with Gasteiger partial charge in [0.05, 0.1) is 6.61 Å². The standard InChI is InChI=1S/C11H26N2O/c1-5-12-11(2)7-6-8-13(3)9-10-14-4/h11-12H,5-10H2,1-4H3. The highest BCUT2D eigenvalue weighted by Gasteiger charge is 2.01. The highest BCUT2D eigenvalue weighted by molar-refractivity contribution is 4.60. The fourth-order valence-electron chi connectivity index (χ4n) is 1.48. The largest absolute Gasteiger partial charge is 0.383 e. The van der Waals surface area contributed by atoms with Crippen LogP contribution in [0.1, 0.15) is 26.7 Å². The number of methoxy groups -OCH3 is 1. The molecule has 0 aromatic rings. The fraction of sp³-hybridized carbons (Fsp3) is 1.00. The van der Waals surface area contributed by atoms with E-state index in [1.165, 1.54) is 19.4 Å². The lowest BCUT2D eigenvalue weighted by atomic mass is 10.2. The van der Waals surface area contributed by atoms with Crippen molar-refractivity contribution in [3.8, 4) is 0 Å². The number of likely N-dealkylation sites (N-methyl/N-ethyl adjacent to an activating group) is 1. The number of nitrogens with one attached hydrogen (secondary N) is 1. The zero-order valence-corrected chi connectivity index (χ0v) is 10.2. The van der Waals surface area contributed by atoms with Crippen LogP contribution in [-0.4, -0.2) is 51.3 Å². The van der Waals surface area contributed by atoms with E-state index in [4.69, 9.17) is 4.74 Å². The van der Waals surface area contributed by atoms with Gasteiger partial charge in [0.15, 0.2) is 0 Å². The maximum absolute atomic E-state index is 5.02. The van der Waals surface area contributed by atoms with Crippen molar-refractivity contribution in [2.45, 2.75) is 32.7 Å². The first-order valence-electron chi connectivity index (χ1n) is 5.61. The second-order valence-corrected chi connectivity index (χ2v) is 3.90. The van der Waals surface area contributed by atoms with Crippen molar-refractivity contribution in [3.63, 3.8) is 0 Å². The van der Waals surface area contributed by atoms with Crippen LogP contribution in [0.15, 0.2) is 0 Å². The van der Waals surface area contributed by atoms with Crippen LogP contribution in [0.2, 0.25) is 0 Å². The Bertz CT molecular complexity index is 120. The average Bonchev–Trinajstić information content (AvgIpc) is 2.15. The van der Waals surface area contributed by atoms with Gasteiger partial charge in [-0.3, -0.25) is 0 Å². The van der Waals surface area contributed by atoms with E-state index >= 15 is 0 Å². The maximum Gasteiger partial charge on any atom is 0.0589 e. The molecular weight excluding hydrogens is 176 g/mol. The molecule has 1 unspecified atom stereocenters. The predicted molar refractivity (Wildman–Crippen MR) is 61.7 cm³/mol. The molecule has 0 radical (unpaired) electrons. The van der Waals surface area contributed by atoms with Gasteiger partial charge in [0.25, 0.3) is 0 Å². The third-order valence-electron chi connectivity index (χ3n) is 2.41. The molecule has 14 heavy (non-hydrogen) atoms. The molecule has 0 heterocycles. The number of rotatable bonds is 9. The molecular formula is C11H26N2O. The molecule has 0 aromatic heterocycles. The van der Waals surface area contributed by atoms with Gasteiger partial charge in [-0.05, 0) is 39.9 Å². The SMILES string of the molecule is CCNC(C)CCCN(C)CCOC. The third kappa shape index (κ3) is 8.48. The molecule has 0 aliphatic rings. The van der Waals surface area contributed by atoms with Gasteiger partial charge in [0.1, 0.15) is 0 Å². The van der Waals surface area contributed by atoms with Crippen molar-refractivity contribution in [2.75, 3.05) is 40.4 Å². The van der Waals surface area contributed by atoms with Crippen molar-refractivity contribution >= 4 is 0 Å². The second-order valence-electron chi connectivity index (χ2n) is 3.90. The van der Waals surface area contributed by atoms with Crippen LogP contribution in [-0.2, 0) is 4.74 Å². The first-order chi connectivity index (χ1) is 6.70. The molecule has 0 saturated carbocycles. The summed E-state index contributed by atoms with van der Waals surface area (Å²) in [6.45, 7) is 8.50. The Hall–Kier alpha value is -0.120. The van der Waals surface area contributed by atoms with E-state index in [1.807, 2.05) is 0 Å². The summed E-state index contributed by atoms with van der Waals surface area (Å²) >= 11 is 0. The summed E-state index contributed by atoms with van der Waals surface area (Å²) < 4.78 is 5.02.